The Hall–Kier alpha value is -1.53. The molecule has 0 saturated carbocycles. The van der Waals surface area contributed by atoms with Crippen LogP contribution in [0.2, 0.25) is 0 Å². The summed E-state index contributed by atoms with van der Waals surface area (Å²) in [7, 11) is 0. The molecule has 0 amide bonds. The van der Waals surface area contributed by atoms with E-state index in [1.54, 1.807) is 0 Å². The Morgan fingerprint density at radius 1 is 1.15 bits per heavy atom. The van der Waals surface area contributed by atoms with Crippen LogP contribution in [0, 0.1) is 13.8 Å². The summed E-state index contributed by atoms with van der Waals surface area (Å²) in [6.07, 6.45) is -5.55. The van der Waals surface area contributed by atoms with Gasteiger partial charge in [0.25, 0.3) is 0 Å². The fourth-order valence-electron chi connectivity index (χ4n) is 1.93. The Morgan fingerprint density at radius 2 is 1.75 bits per heavy atom. The van der Waals surface area contributed by atoms with E-state index in [9.17, 15) is 18.3 Å². The molecule has 0 aliphatic rings. The summed E-state index contributed by atoms with van der Waals surface area (Å²) < 4.78 is 39.9. The normalized spacial score (nSPS) is 13.3. The summed E-state index contributed by atoms with van der Waals surface area (Å²) in [6.45, 7) is 3.83. The van der Waals surface area contributed by atoms with Crippen LogP contribution in [-0.4, -0.2) is 11.5 Å². The van der Waals surface area contributed by atoms with Crippen molar-refractivity contribution in [3.8, 4) is 5.75 Å². The highest BCUT2D eigenvalue weighted by Gasteiger charge is 2.31. The number of alkyl halides is 3. The van der Waals surface area contributed by atoms with Crippen molar-refractivity contribution in [3.63, 3.8) is 0 Å². The Kier molecular flexibility index (Phi) is 4.06. The number of thiophene rings is 1. The highest BCUT2D eigenvalue weighted by Crippen LogP contribution is 2.33. The molecular weight excluding hydrogens is 289 g/mol. The second-order valence-electron chi connectivity index (χ2n) is 4.42. The Balaban J connectivity index is 2.19. The molecule has 108 valence electrons. The average Bonchev–Trinajstić information content (AvgIpc) is 2.66. The predicted octanol–water partition coefficient (Wildman–Crippen LogP) is 4.35. The van der Waals surface area contributed by atoms with E-state index in [2.05, 4.69) is 4.74 Å². The summed E-state index contributed by atoms with van der Waals surface area (Å²) in [5.41, 5.74) is 1.50. The number of aliphatic hydroxyl groups excluding tert-OH is 1. The van der Waals surface area contributed by atoms with Crippen LogP contribution in [0.1, 0.15) is 27.0 Å². The molecule has 1 aromatic heterocycles. The standard InChI is InChI=1S/C14H13F3O2S/c1-8-7-9(2)20-13(8)12(18)10-3-5-11(6-4-10)19-14(15,16)17/h3-7,12,18H,1-2H3. The molecular formula is C14H13F3O2S. The Labute approximate surface area is 118 Å². The second-order valence-corrected chi connectivity index (χ2v) is 5.71. The molecule has 2 nitrogen and oxygen atoms in total. The lowest BCUT2D eigenvalue weighted by molar-refractivity contribution is -0.274. The summed E-state index contributed by atoms with van der Waals surface area (Å²) in [4.78, 5) is 1.88. The molecule has 0 radical (unpaired) electrons. The highest BCUT2D eigenvalue weighted by molar-refractivity contribution is 7.12. The predicted molar refractivity (Wildman–Crippen MR) is 71.0 cm³/mol. The van der Waals surface area contributed by atoms with Crippen LogP contribution in [0.25, 0.3) is 0 Å². The minimum absolute atomic E-state index is 0.299. The van der Waals surface area contributed by atoms with Gasteiger partial charge < -0.3 is 9.84 Å². The number of hydrogen-bond acceptors (Lipinski definition) is 3. The van der Waals surface area contributed by atoms with Crippen molar-refractivity contribution in [1.82, 2.24) is 0 Å². The maximum atomic E-state index is 12.1. The van der Waals surface area contributed by atoms with Crippen LogP contribution >= 0.6 is 11.3 Å². The van der Waals surface area contributed by atoms with Gasteiger partial charge in [0.15, 0.2) is 0 Å². The van der Waals surface area contributed by atoms with Crippen molar-refractivity contribution < 1.29 is 23.0 Å². The van der Waals surface area contributed by atoms with Gasteiger partial charge in [-0.15, -0.1) is 24.5 Å². The lowest BCUT2D eigenvalue weighted by atomic mass is 10.1. The third kappa shape index (κ3) is 3.52. The van der Waals surface area contributed by atoms with E-state index in [1.807, 2.05) is 19.9 Å². The minimum Gasteiger partial charge on any atom is -0.406 e. The molecule has 0 aliphatic heterocycles. The molecule has 0 spiro atoms. The number of hydrogen-bond donors (Lipinski definition) is 1. The zero-order valence-electron chi connectivity index (χ0n) is 10.9. The van der Waals surface area contributed by atoms with Crippen molar-refractivity contribution in [2.24, 2.45) is 0 Å². The van der Waals surface area contributed by atoms with Crippen molar-refractivity contribution in [2.45, 2.75) is 26.3 Å². The fourth-order valence-corrected chi connectivity index (χ4v) is 2.98. The number of aryl methyl sites for hydroxylation is 2. The maximum absolute atomic E-state index is 12.1. The van der Waals surface area contributed by atoms with Gasteiger partial charge in [-0.25, -0.2) is 0 Å². The molecule has 1 atom stereocenters. The molecule has 6 heteroatoms. The third-order valence-electron chi connectivity index (χ3n) is 2.76. The summed E-state index contributed by atoms with van der Waals surface area (Å²) in [6, 6.07) is 7.22. The molecule has 2 rings (SSSR count). The molecule has 1 aromatic carbocycles. The second kappa shape index (κ2) is 5.46. The lowest BCUT2D eigenvalue weighted by Crippen LogP contribution is -2.17. The molecule has 2 aromatic rings. The van der Waals surface area contributed by atoms with E-state index in [4.69, 9.17) is 0 Å². The summed E-state index contributed by atoms with van der Waals surface area (Å²) in [5.74, 6) is -0.299. The highest BCUT2D eigenvalue weighted by atomic mass is 32.1. The minimum atomic E-state index is -4.71. The van der Waals surface area contributed by atoms with Crippen LogP contribution in [0.15, 0.2) is 30.3 Å². The molecule has 0 aliphatic carbocycles. The van der Waals surface area contributed by atoms with E-state index in [-0.39, 0.29) is 5.75 Å². The van der Waals surface area contributed by atoms with Crippen molar-refractivity contribution in [2.75, 3.05) is 0 Å². The lowest BCUT2D eigenvalue weighted by Gasteiger charge is -2.12. The average molecular weight is 302 g/mol. The number of benzene rings is 1. The van der Waals surface area contributed by atoms with Gasteiger partial charge in [0, 0.05) is 9.75 Å². The molecule has 0 fully saturated rings. The molecule has 20 heavy (non-hydrogen) atoms. The third-order valence-corrected chi connectivity index (χ3v) is 3.96. The SMILES string of the molecule is Cc1cc(C)c(C(O)c2ccc(OC(F)(F)F)cc2)s1. The zero-order valence-corrected chi connectivity index (χ0v) is 11.7. The smallest absolute Gasteiger partial charge is 0.406 e. The van der Waals surface area contributed by atoms with E-state index in [0.717, 1.165) is 15.3 Å². The monoisotopic (exact) mass is 302 g/mol. The number of ether oxygens (including phenoxy) is 1. The molecule has 1 N–H and O–H groups in total. The molecule has 1 heterocycles. The first-order valence-electron chi connectivity index (χ1n) is 5.87. The summed E-state index contributed by atoms with van der Waals surface area (Å²) >= 11 is 1.47. The zero-order chi connectivity index (χ0) is 14.9. The first-order valence-corrected chi connectivity index (χ1v) is 6.68. The first kappa shape index (κ1) is 14.9. The van der Waals surface area contributed by atoms with Crippen LogP contribution in [0.4, 0.5) is 13.2 Å². The summed E-state index contributed by atoms with van der Waals surface area (Å²) in [5, 5.41) is 10.3. The van der Waals surface area contributed by atoms with E-state index in [1.165, 1.54) is 35.6 Å². The number of rotatable bonds is 3. The van der Waals surface area contributed by atoms with E-state index < -0.39 is 12.5 Å². The van der Waals surface area contributed by atoms with Gasteiger partial charge in [0.2, 0.25) is 0 Å². The topological polar surface area (TPSA) is 29.5 Å². The van der Waals surface area contributed by atoms with Crippen molar-refractivity contribution in [3.05, 3.63) is 51.2 Å². The molecule has 0 saturated heterocycles. The Bertz CT molecular complexity index is 587. The number of halogens is 3. The van der Waals surface area contributed by atoms with Crippen LogP contribution in [0.5, 0.6) is 5.75 Å². The molecule has 0 bridgehead atoms. The van der Waals surface area contributed by atoms with Gasteiger partial charge in [-0.1, -0.05) is 12.1 Å². The van der Waals surface area contributed by atoms with Crippen LogP contribution in [-0.2, 0) is 0 Å². The fraction of sp³-hybridized carbons (Fsp3) is 0.286. The largest absolute Gasteiger partial charge is 0.573 e. The van der Waals surface area contributed by atoms with E-state index in [0.29, 0.717) is 5.56 Å². The maximum Gasteiger partial charge on any atom is 0.573 e. The van der Waals surface area contributed by atoms with Crippen molar-refractivity contribution >= 4 is 11.3 Å². The van der Waals surface area contributed by atoms with Crippen LogP contribution < -0.4 is 4.74 Å². The molecule has 1 unspecified atom stereocenters. The quantitative estimate of drug-likeness (QED) is 0.913. The van der Waals surface area contributed by atoms with Gasteiger partial charge in [0.1, 0.15) is 11.9 Å². The van der Waals surface area contributed by atoms with Gasteiger partial charge in [-0.05, 0) is 43.2 Å². The first-order chi connectivity index (χ1) is 9.26. The van der Waals surface area contributed by atoms with E-state index >= 15 is 0 Å². The van der Waals surface area contributed by atoms with Gasteiger partial charge in [0.05, 0.1) is 0 Å². The van der Waals surface area contributed by atoms with Gasteiger partial charge in [-0.2, -0.15) is 0 Å². The van der Waals surface area contributed by atoms with Crippen molar-refractivity contribution in [1.29, 1.82) is 0 Å². The Morgan fingerprint density at radius 3 is 2.20 bits per heavy atom. The van der Waals surface area contributed by atoms with Gasteiger partial charge >= 0.3 is 6.36 Å². The number of aliphatic hydroxyl groups is 1. The van der Waals surface area contributed by atoms with Crippen LogP contribution in [0.3, 0.4) is 0 Å². The van der Waals surface area contributed by atoms with Gasteiger partial charge in [-0.3, -0.25) is 0 Å².